The van der Waals surface area contributed by atoms with E-state index in [1.165, 1.54) is 23.0 Å². The zero-order valence-electron chi connectivity index (χ0n) is 18.3. The predicted octanol–water partition coefficient (Wildman–Crippen LogP) is 2.84. The summed E-state index contributed by atoms with van der Waals surface area (Å²) in [6.45, 7) is 3.99. The number of ether oxygens (including phenoxy) is 1. The van der Waals surface area contributed by atoms with Gasteiger partial charge in [0.15, 0.2) is 5.69 Å². The molecule has 0 aliphatic heterocycles. The number of benzene rings is 2. The van der Waals surface area contributed by atoms with Gasteiger partial charge in [-0.2, -0.15) is 9.78 Å². The van der Waals surface area contributed by atoms with E-state index in [4.69, 9.17) is 10.5 Å². The van der Waals surface area contributed by atoms with E-state index in [-0.39, 0.29) is 35.7 Å². The zero-order valence-corrected chi connectivity index (χ0v) is 18.3. The number of hydrogen-bond donors (Lipinski definition) is 2. The van der Waals surface area contributed by atoms with Crippen LogP contribution in [0.5, 0.6) is 5.75 Å². The molecule has 0 saturated heterocycles. The van der Waals surface area contributed by atoms with Gasteiger partial charge in [-0.15, -0.1) is 5.10 Å². The van der Waals surface area contributed by atoms with Crippen molar-refractivity contribution in [3.63, 3.8) is 0 Å². The number of nitrogens with zero attached hydrogens (tertiary/aromatic N) is 6. The predicted molar refractivity (Wildman–Crippen MR) is 120 cm³/mol. The number of nitrogens with two attached hydrogens (primary N) is 1. The molecule has 2 heterocycles. The Morgan fingerprint density at radius 1 is 1.24 bits per heavy atom. The van der Waals surface area contributed by atoms with E-state index in [1.807, 2.05) is 26.0 Å². The van der Waals surface area contributed by atoms with Crippen molar-refractivity contribution in [2.75, 3.05) is 5.73 Å². The highest BCUT2D eigenvalue weighted by Gasteiger charge is 2.25. The zero-order chi connectivity index (χ0) is 24.1. The van der Waals surface area contributed by atoms with Crippen molar-refractivity contribution in [3.8, 4) is 11.6 Å². The maximum atomic E-state index is 13.1. The highest BCUT2D eigenvalue weighted by Crippen LogP contribution is 2.23. The number of hydrogen-bond acceptors (Lipinski definition) is 9. The highest BCUT2D eigenvalue weighted by atomic mass is 19.1. The van der Waals surface area contributed by atoms with E-state index in [2.05, 4.69) is 35.8 Å². The van der Waals surface area contributed by atoms with E-state index in [9.17, 15) is 9.18 Å². The van der Waals surface area contributed by atoms with Gasteiger partial charge in [-0.3, -0.25) is 4.79 Å². The van der Waals surface area contributed by atoms with Crippen LogP contribution in [0.1, 0.15) is 47.1 Å². The van der Waals surface area contributed by atoms with E-state index in [0.717, 1.165) is 5.56 Å². The van der Waals surface area contributed by atoms with Crippen LogP contribution in [0.15, 0.2) is 58.3 Å². The summed E-state index contributed by atoms with van der Waals surface area (Å²) in [6, 6.07) is 13.2. The van der Waals surface area contributed by atoms with Gasteiger partial charge in [0.1, 0.15) is 18.2 Å². The number of para-hydroxylation sites is 1. The molecule has 0 aliphatic rings. The van der Waals surface area contributed by atoms with Crippen LogP contribution in [0.4, 0.5) is 10.2 Å². The molecular weight excluding hydrogens is 443 g/mol. The number of amides is 1. The molecule has 0 unspecified atom stereocenters. The molecule has 0 aliphatic carbocycles. The molecule has 174 valence electrons. The first-order valence-electron chi connectivity index (χ1n) is 10.3. The molecular formula is C22H21FN8O3. The molecule has 12 heteroatoms. The first kappa shape index (κ1) is 22.6. The standard InChI is InChI=1S/C22H21FN8O3/c1-13(2)19-18(26-30-31(19)21-20(24)28-34-29-21)22(32)27-25-11-15-5-3-4-6-17(15)33-12-14-7-9-16(23)10-8-14/h3-11,13H,12H2,1-2H3,(H2,24,28)(H,27,32)/b25-11-. The van der Waals surface area contributed by atoms with Gasteiger partial charge >= 0.3 is 0 Å². The molecule has 34 heavy (non-hydrogen) atoms. The summed E-state index contributed by atoms with van der Waals surface area (Å²) in [6.07, 6.45) is 1.46. The quantitative estimate of drug-likeness (QED) is 0.299. The second-order valence-electron chi connectivity index (χ2n) is 7.51. The monoisotopic (exact) mass is 464 g/mol. The average Bonchev–Trinajstić information content (AvgIpc) is 3.45. The number of carbonyl (C=O) groups is 1. The van der Waals surface area contributed by atoms with Gasteiger partial charge in [-0.1, -0.05) is 43.3 Å². The molecule has 11 nitrogen and oxygen atoms in total. The average molecular weight is 464 g/mol. The maximum absolute atomic E-state index is 13.1. The first-order valence-corrected chi connectivity index (χ1v) is 10.3. The van der Waals surface area contributed by atoms with Crippen molar-refractivity contribution < 1.29 is 18.6 Å². The molecule has 0 spiro atoms. The molecule has 0 radical (unpaired) electrons. The Balaban J connectivity index is 1.47. The fraction of sp³-hybridized carbons (Fsp3) is 0.182. The van der Waals surface area contributed by atoms with Crippen LogP contribution in [0.2, 0.25) is 0 Å². The number of nitrogen functional groups attached to an aromatic ring is 1. The highest BCUT2D eigenvalue weighted by molar-refractivity contribution is 5.94. The lowest BCUT2D eigenvalue weighted by molar-refractivity contribution is 0.0948. The van der Waals surface area contributed by atoms with Crippen LogP contribution in [-0.4, -0.2) is 37.4 Å². The van der Waals surface area contributed by atoms with Gasteiger partial charge in [0.05, 0.1) is 11.9 Å². The van der Waals surface area contributed by atoms with Gasteiger partial charge in [0.25, 0.3) is 5.91 Å². The molecule has 4 aromatic rings. The van der Waals surface area contributed by atoms with Crippen LogP contribution in [0.3, 0.4) is 0 Å². The SMILES string of the molecule is CC(C)c1c(C(=O)N/N=C\c2ccccc2OCc2ccc(F)cc2)nnn1-c1nonc1N. The lowest BCUT2D eigenvalue weighted by atomic mass is 10.1. The Labute approximate surface area is 193 Å². The fourth-order valence-corrected chi connectivity index (χ4v) is 3.14. The number of hydrazone groups is 1. The Kier molecular flexibility index (Phi) is 6.57. The molecule has 3 N–H and O–H groups in total. The fourth-order valence-electron chi connectivity index (χ4n) is 3.14. The number of nitrogens with one attached hydrogen (secondary N) is 1. The Bertz CT molecular complexity index is 1310. The van der Waals surface area contributed by atoms with Crippen LogP contribution in [-0.2, 0) is 6.61 Å². The number of halogens is 1. The second-order valence-corrected chi connectivity index (χ2v) is 7.51. The van der Waals surface area contributed by atoms with E-state index >= 15 is 0 Å². The minimum Gasteiger partial charge on any atom is -0.488 e. The van der Waals surface area contributed by atoms with Gasteiger partial charge in [0, 0.05) is 5.56 Å². The third-order valence-corrected chi connectivity index (χ3v) is 4.76. The molecule has 0 atom stereocenters. The second kappa shape index (κ2) is 9.90. The summed E-state index contributed by atoms with van der Waals surface area (Å²) in [4.78, 5) is 12.8. The lowest BCUT2D eigenvalue weighted by Gasteiger charge is -2.09. The molecule has 2 aromatic heterocycles. The van der Waals surface area contributed by atoms with Crippen LogP contribution in [0.25, 0.3) is 5.82 Å². The first-order chi connectivity index (χ1) is 16.4. The summed E-state index contributed by atoms with van der Waals surface area (Å²) >= 11 is 0. The minimum atomic E-state index is -0.564. The van der Waals surface area contributed by atoms with Gasteiger partial charge in [0.2, 0.25) is 11.6 Å². The summed E-state index contributed by atoms with van der Waals surface area (Å²) in [5, 5.41) is 19.2. The smallest absolute Gasteiger partial charge is 0.293 e. The van der Waals surface area contributed by atoms with E-state index in [1.54, 1.807) is 24.3 Å². The van der Waals surface area contributed by atoms with Crippen LogP contribution < -0.4 is 15.9 Å². The third-order valence-electron chi connectivity index (χ3n) is 4.76. The Morgan fingerprint density at radius 2 is 2.00 bits per heavy atom. The van der Waals surface area contributed by atoms with E-state index in [0.29, 0.717) is 17.0 Å². The van der Waals surface area contributed by atoms with Gasteiger partial charge in [-0.25, -0.2) is 14.4 Å². The Hall–Kier alpha value is -4.61. The summed E-state index contributed by atoms with van der Waals surface area (Å²) in [5.74, 6) is -0.302. The molecule has 0 bridgehead atoms. The van der Waals surface area contributed by atoms with E-state index < -0.39 is 5.91 Å². The number of carbonyl (C=O) groups excluding carboxylic acids is 1. The molecule has 1 amide bonds. The van der Waals surface area contributed by atoms with Crippen molar-refractivity contribution in [1.29, 1.82) is 0 Å². The van der Waals surface area contributed by atoms with Crippen molar-refractivity contribution in [1.82, 2.24) is 30.7 Å². The third kappa shape index (κ3) is 4.90. The molecule has 0 saturated carbocycles. The van der Waals surface area contributed by atoms with Crippen molar-refractivity contribution in [2.24, 2.45) is 5.10 Å². The van der Waals surface area contributed by atoms with Crippen molar-refractivity contribution >= 4 is 17.9 Å². The molecule has 0 fully saturated rings. The molecule has 4 rings (SSSR count). The number of rotatable bonds is 8. The number of aromatic nitrogens is 5. The topological polar surface area (TPSA) is 146 Å². The van der Waals surface area contributed by atoms with Gasteiger partial charge in [-0.05, 0) is 46.1 Å². The largest absolute Gasteiger partial charge is 0.488 e. The summed E-state index contributed by atoms with van der Waals surface area (Å²) in [7, 11) is 0. The van der Waals surface area contributed by atoms with Crippen molar-refractivity contribution in [2.45, 2.75) is 26.4 Å². The van der Waals surface area contributed by atoms with Crippen LogP contribution in [0, 0.1) is 5.82 Å². The summed E-state index contributed by atoms with van der Waals surface area (Å²) in [5.41, 5.74) is 10.2. The molecule has 2 aromatic carbocycles. The normalized spacial score (nSPS) is 11.3. The van der Waals surface area contributed by atoms with Crippen LogP contribution >= 0.6 is 0 Å². The number of anilines is 1. The maximum Gasteiger partial charge on any atom is 0.293 e. The van der Waals surface area contributed by atoms with Gasteiger partial charge < -0.3 is 10.5 Å². The summed E-state index contributed by atoms with van der Waals surface area (Å²) < 4.78 is 24.8. The Morgan fingerprint density at radius 3 is 2.71 bits per heavy atom. The van der Waals surface area contributed by atoms with Crippen molar-refractivity contribution in [3.05, 3.63) is 76.9 Å². The minimum absolute atomic E-state index is 0.0222. The lowest BCUT2D eigenvalue weighted by Crippen LogP contribution is -2.21.